The molecule has 1 aliphatic rings. The third-order valence-electron chi connectivity index (χ3n) is 4.24. The van der Waals surface area contributed by atoms with Crippen molar-refractivity contribution in [2.45, 2.75) is 26.3 Å². The summed E-state index contributed by atoms with van der Waals surface area (Å²) in [6.45, 7) is 6.48. The van der Waals surface area contributed by atoms with E-state index in [9.17, 15) is 0 Å². The van der Waals surface area contributed by atoms with Gasteiger partial charge in [-0.1, -0.05) is 24.6 Å². The second kappa shape index (κ2) is 6.58. The third-order valence-corrected chi connectivity index (χ3v) is 4.60. The summed E-state index contributed by atoms with van der Waals surface area (Å²) in [6.07, 6.45) is 2.47. The van der Waals surface area contributed by atoms with Crippen molar-refractivity contribution in [1.29, 1.82) is 5.26 Å². The predicted molar refractivity (Wildman–Crippen MR) is 82.7 cm³/mol. The average Bonchev–Trinajstić information content (AvgIpc) is 2.44. The molecule has 1 N–H and O–H groups in total. The van der Waals surface area contributed by atoms with Crippen LogP contribution in [0.3, 0.4) is 0 Å². The van der Waals surface area contributed by atoms with E-state index < -0.39 is 0 Å². The number of hydrogen-bond acceptors (Lipinski definition) is 3. The Morgan fingerprint density at radius 2 is 2.10 bits per heavy atom. The lowest BCUT2D eigenvalue weighted by Gasteiger charge is -2.38. The van der Waals surface area contributed by atoms with Crippen molar-refractivity contribution in [3.05, 3.63) is 34.3 Å². The van der Waals surface area contributed by atoms with E-state index >= 15 is 0 Å². The highest BCUT2D eigenvalue weighted by Crippen LogP contribution is 2.29. The number of nitriles is 1. The van der Waals surface area contributed by atoms with Gasteiger partial charge in [-0.2, -0.15) is 5.26 Å². The van der Waals surface area contributed by atoms with Crippen molar-refractivity contribution in [2.24, 2.45) is 5.41 Å². The SMILES string of the molecule is CN1CCC(C)(CNCc2ccc(C#N)cc2Cl)CC1. The minimum atomic E-state index is 0.381. The number of halogens is 1. The van der Waals surface area contributed by atoms with Gasteiger partial charge in [-0.05, 0) is 56.1 Å². The summed E-state index contributed by atoms with van der Waals surface area (Å²) in [7, 11) is 2.18. The molecule has 1 saturated heterocycles. The third kappa shape index (κ3) is 3.96. The molecule has 0 saturated carbocycles. The first-order valence-corrected chi connectivity index (χ1v) is 7.48. The van der Waals surface area contributed by atoms with Crippen molar-refractivity contribution in [2.75, 3.05) is 26.7 Å². The number of piperidine rings is 1. The Kier molecular flexibility index (Phi) is 5.04. The fraction of sp³-hybridized carbons (Fsp3) is 0.562. The van der Waals surface area contributed by atoms with Crippen LogP contribution < -0.4 is 5.32 Å². The van der Waals surface area contributed by atoms with Gasteiger partial charge < -0.3 is 10.2 Å². The molecule has 0 bridgehead atoms. The number of rotatable bonds is 4. The van der Waals surface area contributed by atoms with Crippen molar-refractivity contribution in [1.82, 2.24) is 10.2 Å². The van der Waals surface area contributed by atoms with E-state index in [0.717, 1.165) is 18.7 Å². The zero-order valence-electron chi connectivity index (χ0n) is 12.2. The minimum absolute atomic E-state index is 0.381. The van der Waals surface area contributed by atoms with Gasteiger partial charge in [0, 0.05) is 18.1 Å². The molecule has 0 radical (unpaired) electrons. The summed E-state index contributed by atoms with van der Waals surface area (Å²) < 4.78 is 0. The highest BCUT2D eigenvalue weighted by atomic mass is 35.5. The van der Waals surface area contributed by atoms with Gasteiger partial charge in [0.1, 0.15) is 0 Å². The molecular weight excluding hydrogens is 270 g/mol. The quantitative estimate of drug-likeness (QED) is 0.927. The molecule has 2 rings (SSSR count). The molecule has 20 heavy (non-hydrogen) atoms. The number of nitrogens with zero attached hydrogens (tertiary/aromatic N) is 2. The highest BCUT2D eigenvalue weighted by Gasteiger charge is 2.28. The Bertz CT molecular complexity index is 499. The maximum absolute atomic E-state index is 8.83. The first-order valence-electron chi connectivity index (χ1n) is 7.10. The Morgan fingerprint density at radius 3 is 2.70 bits per heavy atom. The largest absolute Gasteiger partial charge is 0.312 e. The molecule has 1 aromatic carbocycles. The van der Waals surface area contributed by atoms with E-state index in [0.29, 0.717) is 16.0 Å². The molecule has 3 nitrogen and oxygen atoms in total. The molecule has 0 spiro atoms. The van der Waals surface area contributed by atoms with Crippen LogP contribution in [-0.4, -0.2) is 31.6 Å². The number of benzene rings is 1. The fourth-order valence-corrected chi connectivity index (χ4v) is 2.84. The molecule has 1 aliphatic heterocycles. The van der Waals surface area contributed by atoms with Crippen LogP contribution in [0.1, 0.15) is 30.9 Å². The summed E-state index contributed by atoms with van der Waals surface area (Å²) in [4.78, 5) is 2.39. The van der Waals surface area contributed by atoms with Gasteiger partial charge in [-0.15, -0.1) is 0 Å². The normalized spacial score (nSPS) is 18.7. The molecule has 108 valence electrons. The Labute approximate surface area is 126 Å². The molecule has 0 unspecified atom stereocenters. The summed E-state index contributed by atoms with van der Waals surface area (Å²) in [5.74, 6) is 0. The van der Waals surface area contributed by atoms with E-state index in [1.807, 2.05) is 12.1 Å². The van der Waals surface area contributed by atoms with Gasteiger partial charge in [0.05, 0.1) is 11.6 Å². The van der Waals surface area contributed by atoms with Gasteiger partial charge in [0.2, 0.25) is 0 Å². The van der Waals surface area contributed by atoms with E-state index in [4.69, 9.17) is 16.9 Å². The van der Waals surface area contributed by atoms with Crippen LogP contribution in [0.25, 0.3) is 0 Å². The summed E-state index contributed by atoms with van der Waals surface area (Å²) in [5.41, 5.74) is 2.05. The average molecular weight is 292 g/mol. The smallest absolute Gasteiger partial charge is 0.0992 e. The fourth-order valence-electron chi connectivity index (χ4n) is 2.59. The van der Waals surface area contributed by atoms with Gasteiger partial charge in [-0.3, -0.25) is 0 Å². The molecule has 4 heteroatoms. The molecule has 1 aromatic rings. The summed E-state index contributed by atoms with van der Waals surface area (Å²) >= 11 is 6.19. The maximum atomic E-state index is 8.83. The van der Waals surface area contributed by atoms with E-state index in [1.165, 1.54) is 25.9 Å². The second-order valence-corrected chi connectivity index (χ2v) is 6.54. The molecule has 1 fully saturated rings. The monoisotopic (exact) mass is 291 g/mol. The number of nitrogens with one attached hydrogen (secondary N) is 1. The maximum Gasteiger partial charge on any atom is 0.0992 e. The summed E-state index contributed by atoms with van der Waals surface area (Å²) in [5, 5.41) is 13.0. The Hall–Kier alpha value is -1.08. The number of hydrogen-bond donors (Lipinski definition) is 1. The predicted octanol–water partition coefficient (Wildman–Crippen LogP) is 3.03. The van der Waals surface area contributed by atoms with Gasteiger partial charge in [0.15, 0.2) is 0 Å². The Balaban J connectivity index is 1.85. The first kappa shape index (κ1) is 15.3. The van der Waals surface area contributed by atoms with Crippen molar-refractivity contribution < 1.29 is 0 Å². The first-order chi connectivity index (χ1) is 9.52. The lowest BCUT2D eigenvalue weighted by molar-refractivity contribution is 0.137. The molecule has 0 amide bonds. The molecule has 0 aliphatic carbocycles. The summed E-state index contributed by atoms with van der Waals surface area (Å²) in [6, 6.07) is 7.59. The lowest BCUT2D eigenvalue weighted by Crippen LogP contribution is -2.41. The standard InChI is InChI=1S/C16H22ClN3/c1-16(5-7-20(2)8-6-16)12-19-11-14-4-3-13(10-18)9-15(14)17/h3-4,9,19H,5-8,11-12H2,1-2H3. The zero-order chi connectivity index (χ0) is 14.6. The minimum Gasteiger partial charge on any atom is -0.312 e. The second-order valence-electron chi connectivity index (χ2n) is 6.14. The van der Waals surface area contributed by atoms with E-state index in [1.54, 1.807) is 6.07 Å². The van der Waals surface area contributed by atoms with Gasteiger partial charge in [0.25, 0.3) is 0 Å². The zero-order valence-corrected chi connectivity index (χ0v) is 13.0. The van der Waals surface area contributed by atoms with Crippen molar-refractivity contribution in [3.63, 3.8) is 0 Å². The molecule has 0 aromatic heterocycles. The molecule has 0 atom stereocenters. The van der Waals surface area contributed by atoms with Crippen molar-refractivity contribution >= 4 is 11.6 Å². The van der Waals surface area contributed by atoms with Crippen LogP contribution in [0, 0.1) is 16.7 Å². The van der Waals surface area contributed by atoms with Gasteiger partial charge >= 0.3 is 0 Å². The van der Waals surface area contributed by atoms with Crippen LogP contribution in [0.2, 0.25) is 5.02 Å². The number of likely N-dealkylation sites (tertiary alicyclic amines) is 1. The van der Waals surface area contributed by atoms with E-state index in [-0.39, 0.29) is 0 Å². The van der Waals surface area contributed by atoms with Gasteiger partial charge in [-0.25, -0.2) is 0 Å². The lowest BCUT2D eigenvalue weighted by atomic mass is 9.80. The van der Waals surface area contributed by atoms with Crippen LogP contribution in [-0.2, 0) is 6.54 Å². The van der Waals surface area contributed by atoms with Crippen LogP contribution in [0.4, 0.5) is 0 Å². The van der Waals surface area contributed by atoms with Crippen LogP contribution >= 0.6 is 11.6 Å². The topological polar surface area (TPSA) is 39.1 Å². The van der Waals surface area contributed by atoms with Crippen LogP contribution in [0.5, 0.6) is 0 Å². The van der Waals surface area contributed by atoms with Crippen LogP contribution in [0.15, 0.2) is 18.2 Å². The molecule has 1 heterocycles. The Morgan fingerprint density at radius 1 is 1.40 bits per heavy atom. The molecular formula is C16H22ClN3. The van der Waals surface area contributed by atoms with Crippen molar-refractivity contribution in [3.8, 4) is 6.07 Å². The van der Waals surface area contributed by atoms with E-state index in [2.05, 4.69) is 30.3 Å². The highest BCUT2D eigenvalue weighted by molar-refractivity contribution is 6.31.